The first-order valence-electron chi connectivity index (χ1n) is 7.14. The van der Waals surface area contributed by atoms with E-state index in [9.17, 15) is 0 Å². The first-order valence-corrected chi connectivity index (χ1v) is 7.14. The summed E-state index contributed by atoms with van der Waals surface area (Å²) in [6, 6.07) is 0. The Morgan fingerprint density at radius 2 is 2.15 bits per heavy atom. The molecule has 0 unspecified atom stereocenters. The van der Waals surface area contributed by atoms with Gasteiger partial charge in [0.25, 0.3) is 0 Å². The van der Waals surface area contributed by atoms with Gasteiger partial charge in [0, 0.05) is 20.2 Å². The number of rotatable bonds is 8. The Bertz CT molecular complexity index is 435. The fraction of sp³-hybridized carbons (Fsp3) is 0.714. The number of hydrogen-bond acceptors (Lipinski definition) is 6. The lowest BCUT2D eigenvalue weighted by Gasteiger charge is -2.21. The van der Waals surface area contributed by atoms with Crippen molar-refractivity contribution in [1.82, 2.24) is 9.97 Å². The summed E-state index contributed by atoms with van der Waals surface area (Å²) >= 11 is 0. The van der Waals surface area contributed by atoms with Gasteiger partial charge in [-0.05, 0) is 32.6 Å². The molecule has 2 N–H and O–H groups in total. The third-order valence-corrected chi connectivity index (χ3v) is 3.16. The van der Waals surface area contributed by atoms with Gasteiger partial charge in [0.15, 0.2) is 5.82 Å². The number of anilines is 2. The van der Waals surface area contributed by atoms with Crippen LogP contribution in [0.1, 0.15) is 26.7 Å². The first-order chi connectivity index (χ1) is 9.58. The number of aromatic nitrogens is 2. The third kappa shape index (κ3) is 4.23. The second-order valence-corrected chi connectivity index (χ2v) is 5.52. The minimum absolute atomic E-state index is 0.0345. The number of nitrogens with two attached hydrogens (primary N) is 1. The molecule has 0 atom stereocenters. The smallest absolute Gasteiger partial charge is 0.242 e. The van der Waals surface area contributed by atoms with Gasteiger partial charge in [-0.15, -0.1) is 0 Å². The van der Waals surface area contributed by atoms with E-state index in [1.807, 2.05) is 25.8 Å². The van der Waals surface area contributed by atoms with Crippen LogP contribution >= 0.6 is 0 Å². The van der Waals surface area contributed by atoms with Crippen LogP contribution in [-0.2, 0) is 4.74 Å². The van der Waals surface area contributed by atoms with Crippen molar-refractivity contribution >= 4 is 11.5 Å². The summed E-state index contributed by atoms with van der Waals surface area (Å²) in [5.74, 6) is 1.91. The van der Waals surface area contributed by atoms with Gasteiger partial charge in [-0.3, -0.25) is 0 Å². The van der Waals surface area contributed by atoms with E-state index < -0.39 is 0 Å². The van der Waals surface area contributed by atoms with Crippen LogP contribution in [0.2, 0.25) is 0 Å². The monoisotopic (exact) mass is 280 g/mol. The van der Waals surface area contributed by atoms with Crippen LogP contribution in [0, 0.1) is 5.92 Å². The SMILES string of the molecule is CC(C)Oc1ncnc(N(C)CCOCC2CC2)c1N. The van der Waals surface area contributed by atoms with Crippen LogP contribution in [0.4, 0.5) is 11.5 Å². The molecule has 1 aromatic heterocycles. The van der Waals surface area contributed by atoms with Gasteiger partial charge in [0.1, 0.15) is 12.0 Å². The minimum Gasteiger partial charge on any atom is -0.473 e. The Kier molecular flexibility index (Phi) is 5.00. The number of nitrogen functional groups attached to an aromatic ring is 1. The lowest BCUT2D eigenvalue weighted by molar-refractivity contribution is 0.131. The molecule has 112 valence electrons. The van der Waals surface area contributed by atoms with E-state index in [2.05, 4.69) is 9.97 Å². The molecule has 0 bridgehead atoms. The van der Waals surface area contributed by atoms with Crippen LogP contribution in [0.25, 0.3) is 0 Å². The molecular weight excluding hydrogens is 256 g/mol. The van der Waals surface area contributed by atoms with Crippen molar-refractivity contribution in [2.24, 2.45) is 5.92 Å². The summed E-state index contributed by atoms with van der Waals surface area (Å²) in [4.78, 5) is 10.3. The molecule has 0 aliphatic heterocycles. The third-order valence-electron chi connectivity index (χ3n) is 3.16. The normalized spacial score (nSPS) is 14.6. The molecule has 0 saturated heterocycles. The second-order valence-electron chi connectivity index (χ2n) is 5.52. The first kappa shape index (κ1) is 14.8. The molecule has 20 heavy (non-hydrogen) atoms. The van der Waals surface area contributed by atoms with E-state index in [0.717, 1.165) is 19.1 Å². The van der Waals surface area contributed by atoms with Crippen LogP contribution in [0.5, 0.6) is 5.88 Å². The molecule has 6 nitrogen and oxygen atoms in total. The van der Waals surface area contributed by atoms with Crippen molar-refractivity contribution in [2.45, 2.75) is 32.8 Å². The van der Waals surface area contributed by atoms with Gasteiger partial charge in [0.2, 0.25) is 5.88 Å². The maximum Gasteiger partial charge on any atom is 0.242 e. The Morgan fingerprint density at radius 1 is 1.40 bits per heavy atom. The van der Waals surface area contributed by atoms with Gasteiger partial charge in [-0.25, -0.2) is 4.98 Å². The van der Waals surface area contributed by atoms with E-state index in [0.29, 0.717) is 24.0 Å². The largest absolute Gasteiger partial charge is 0.473 e. The van der Waals surface area contributed by atoms with Crippen LogP contribution < -0.4 is 15.4 Å². The molecule has 1 saturated carbocycles. The van der Waals surface area contributed by atoms with Crippen molar-refractivity contribution in [3.05, 3.63) is 6.33 Å². The molecule has 1 aliphatic rings. The van der Waals surface area contributed by atoms with Crippen LogP contribution in [0.3, 0.4) is 0 Å². The lowest BCUT2D eigenvalue weighted by Crippen LogP contribution is -2.25. The number of hydrogen-bond donors (Lipinski definition) is 1. The summed E-state index contributed by atoms with van der Waals surface area (Å²) in [5, 5.41) is 0. The molecule has 0 amide bonds. The van der Waals surface area contributed by atoms with Gasteiger partial charge >= 0.3 is 0 Å². The molecule has 6 heteroatoms. The lowest BCUT2D eigenvalue weighted by atomic mass is 10.4. The molecule has 0 radical (unpaired) electrons. The van der Waals surface area contributed by atoms with Crippen molar-refractivity contribution < 1.29 is 9.47 Å². The Morgan fingerprint density at radius 3 is 2.80 bits per heavy atom. The zero-order chi connectivity index (χ0) is 14.5. The summed E-state index contributed by atoms with van der Waals surface area (Å²) in [7, 11) is 1.94. The highest BCUT2D eigenvalue weighted by Gasteiger charge is 2.21. The molecule has 0 spiro atoms. The fourth-order valence-corrected chi connectivity index (χ4v) is 1.83. The average Bonchev–Trinajstić information content (AvgIpc) is 3.20. The van der Waals surface area contributed by atoms with Crippen molar-refractivity contribution in [3.8, 4) is 5.88 Å². The van der Waals surface area contributed by atoms with Gasteiger partial charge < -0.3 is 20.1 Å². The maximum absolute atomic E-state index is 6.06. The van der Waals surface area contributed by atoms with Crippen LogP contribution in [-0.4, -0.2) is 42.9 Å². The highest BCUT2D eigenvalue weighted by atomic mass is 16.5. The summed E-state index contributed by atoms with van der Waals surface area (Å²) in [6.07, 6.45) is 4.13. The topological polar surface area (TPSA) is 73.5 Å². The average molecular weight is 280 g/mol. The summed E-state index contributed by atoms with van der Waals surface area (Å²) in [6.45, 7) is 6.17. The molecule has 2 rings (SSSR count). The Labute approximate surface area is 120 Å². The zero-order valence-corrected chi connectivity index (χ0v) is 12.5. The zero-order valence-electron chi connectivity index (χ0n) is 12.5. The van der Waals surface area contributed by atoms with Crippen molar-refractivity contribution in [1.29, 1.82) is 0 Å². The van der Waals surface area contributed by atoms with Gasteiger partial charge in [-0.1, -0.05) is 0 Å². The predicted molar refractivity (Wildman–Crippen MR) is 79.0 cm³/mol. The maximum atomic E-state index is 6.06. The van der Waals surface area contributed by atoms with Gasteiger partial charge in [0.05, 0.1) is 12.7 Å². The highest BCUT2D eigenvalue weighted by Crippen LogP contribution is 2.29. The van der Waals surface area contributed by atoms with Crippen LogP contribution in [0.15, 0.2) is 6.33 Å². The number of nitrogens with zero attached hydrogens (tertiary/aromatic N) is 3. The fourth-order valence-electron chi connectivity index (χ4n) is 1.83. The minimum atomic E-state index is 0.0345. The quantitative estimate of drug-likeness (QED) is 0.731. The van der Waals surface area contributed by atoms with E-state index >= 15 is 0 Å². The Balaban J connectivity index is 1.88. The standard InChI is InChI=1S/C14H24N4O2/c1-10(2)20-14-12(15)13(16-9-17-14)18(3)6-7-19-8-11-4-5-11/h9-11H,4-8,15H2,1-3H3. The van der Waals surface area contributed by atoms with Crippen molar-refractivity contribution in [2.75, 3.05) is 37.4 Å². The molecule has 1 fully saturated rings. The predicted octanol–water partition coefficient (Wildman–Crippen LogP) is 1.71. The van der Waals surface area contributed by atoms with E-state index in [1.165, 1.54) is 19.2 Å². The number of likely N-dealkylation sites (N-methyl/N-ethyl adjacent to an activating group) is 1. The van der Waals surface area contributed by atoms with E-state index in [-0.39, 0.29) is 6.10 Å². The Hall–Kier alpha value is -1.56. The highest BCUT2D eigenvalue weighted by molar-refractivity contribution is 5.67. The summed E-state index contributed by atoms with van der Waals surface area (Å²) in [5.41, 5.74) is 6.54. The molecule has 0 aromatic carbocycles. The second kappa shape index (κ2) is 6.74. The molecular formula is C14H24N4O2. The van der Waals surface area contributed by atoms with E-state index in [1.54, 1.807) is 0 Å². The molecule has 1 aromatic rings. The molecule has 1 heterocycles. The van der Waals surface area contributed by atoms with Gasteiger partial charge in [-0.2, -0.15) is 4.98 Å². The number of ether oxygens (including phenoxy) is 2. The molecule has 1 aliphatic carbocycles. The van der Waals surface area contributed by atoms with E-state index in [4.69, 9.17) is 15.2 Å². The summed E-state index contributed by atoms with van der Waals surface area (Å²) < 4.78 is 11.2. The van der Waals surface area contributed by atoms with Crippen molar-refractivity contribution in [3.63, 3.8) is 0 Å².